The van der Waals surface area contributed by atoms with E-state index in [1.807, 2.05) is 6.08 Å². The Morgan fingerprint density at radius 2 is 0.721 bits per heavy atom. The van der Waals surface area contributed by atoms with Gasteiger partial charge in [0.1, 0.15) is 24.4 Å². The highest BCUT2D eigenvalue weighted by Gasteiger charge is 2.44. The molecule has 7 unspecified atom stereocenters. The molecule has 1 aliphatic heterocycles. The lowest BCUT2D eigenvalue weighted by atomic mass is 9.99. The van der Waals surface area contributed by atoms with Crippen LogP contribution in [0.3, 0.4) is 0 Å². The van der Waals surface area contributed by atoms with Crippen molar-refractivity contribution in [3.63, 3.8) is 0 Å². The van der Waals surface area contributed by atoms with Gasteiger partial charge in [-0.3, -0.25) is 4.79 Å². The second-order valence-electron chi connectivity index (χ2n) is 26.1. The predicted octanol–water partition coefficient (Wildman–Crippen LogP) is 20.9. The number of ether oxygens (including phenoxy) is 2. The first-order chi connectivity index (χ1) is 42.3. The highest BCUT2D eigenvalue weighted by atomic mass is 16.7. The van der Waals surface area contributed by atoms with Crippen molar-refractivity contribution in [2.24, 2.45) is 0 Å². The second-order valence-corrected chi connectivity index (χ2v) is 26.1. The van der Waals surface area contributed by atoms with Gasteiger partial charge in [-0.1, -0.05) is 364 Å². The molecule has 9 heteroatoms. The van der Waals surface area contributed by atoms with Crippen LogP contribution in [0, 0.1) is 0 Å². The molecular weight excluding hydrogens is 1070 g/mol. The Morgan fingerprint density at radius 1 is 0.407 bits per heavy atom. The molecule has 0 radical (unpaired) electrons. The number of allylic oxidation sites excluding steroid dienone is 9. The highest BCUT2D eigenvalue weighted by Crippen LogP contribution is 2.24. The molecule has 1 saturated heterocycles. The number of hydrogen-bond donors (Lipinski definition) is 6. The molecule has 6 N–H and O–H groups in total. The van der Waals surface area contributed by atoms with Crippen LogP contribution in [0.2, 0.25) is 0 Å². The molecule has 1 rings (SSSR count). The SMILES string of the molecule is CC/C=C\C/C=C\C/C=C\C/C=C\CCCCCCCCCCCCCCCCCCCCCCCCC(=O)NC(COC1OC(CO)C(O)C(O)C1O)C(O)/C=C/CCCCCCCCCCCCCCCCCCCCCCCCCCCC. The fourth-order valence-corrected chi connectivity index (χ4v) is 12.0. The van der Waals surface area contributed by atoms with E-state index < -0.39 is 49.5 Å². The molecule has 0 aromatic heterocycles. The zero-order valence-corrected chi connectivity index (χ0v) is 56.6. The molecule has 86 heavy (non-hydrogen) atoms. The lowest BCUT2D eigenvalue weighted by Gasteiger charge is -2.40. The number of nitrogens with one attached hydrogen (secondary N) is 1. The van der Waals surface area contributed by atoms with Gasteiger partial charge in [-0.25, -0.2) is 0 Å². The Kier molecular flexibility index (Phi) is 62.7. The molecule has 504 valence electrons. The van der Waals surface area contributed by atoms with Crippen LogP contribution in [0.5, 0.6) is 0 Å². The van der Waals surface area contributed by atoms with Crippen LogP contribution in [0.25, 0.3) is 0 Å². The summed E-state index contributed by atoms with van der Waals surface area (Å²) in [5.41, 5.74) is 0. The molecule has 1 aliphatic rings. The van der Waals surface area contributed by atoms with Crippen molar-refractivity contribution in [2.45, 2.75) is 410 Å². The van der Waals surface area contributed by atoms with E-state index in [0.29, 0.717) is 6.42 Å². The van der Waals surface area contributed by atoms with Crippen LogP contribution in [0.4, 0.5) is 0 Å². The maximum absolute atomic E-state index is 13.2. The lowest BCUT2D eigenvalue weighted by molar-refractivity contribution is -0.302. The lowest BCUT2D eigenvalue weighted by Crippen LogP contribution is -2.60. The molecule has 0 aromatic carbocycles. The summed E-state index contributed by atoms with van der Waals surface area (Å²) in [5.74, 6) is -0.170. The number of hydrogen-bond acceptors (Lipinski definition) is 8. The van der Waals surface area contributed by atoms with E-state index in [4.69, 9.17) is 9.47 Å². The van der Waals surface area contributed by atoms with Crippen molar-refractivity contribution in [3.8, 4) is 0 Å². The largest absolute Gasteiger partial charge is 0.394 e. The van der Waals surface area contributed by atoms with Gasteiger partial charge < -0.3 is 40.3 Å². The molecule has 1 fully saturated rings. The third kappa shape index (κ3) is 53.7. The molecule has 1 amide bonds. The van der Waals surface area contributed by atoms with Gasteiger partial charge in [0.25, 0.3) is 0 Å². The normalized spacial score (nSPS) is 18.3. The fraction of sp³-hybridized carbons (Fsp3) is 0.857. The van der Waals surface area contributed by atoms with Gasteiger partial charge in [0.15, 0.2) is 6.29 Å². The summed E-state index contributed by atoms with van der Waals surface area (Å²) in [6, 6.07) is -0.807. The zero-order valence-electron chi connectivity index (χ0n) is 56.6. The molecule has 0 spiro atoms. The van der Waals surface area contributed by atoms with E-state index in [1.165, 1.54) is 283 Å². The maximum Gasteiger partial charge on any atom is 0.220 e. The van der Waals surface area contributed by atoms with E-state index in [-0.39, 0.29) is 12.5 Å². The van der Waals surface area contributed by atoms with Crippen molar-refractivity contribution in [1.29, 1.82) is 0 Å². The van der Waals surface area contributed by atoms with Crippen molar-refractivity contribution < 1.29 is 39.8 Å². The summed E-state index contributed by atoms with van der Waals surface area (Å²) in [6.45, 7) is 3.72. The minimum absolute atomic E-state index is 0.170. The number of rotatable bonds is 66. The number of unbranched alkanes of at least 4 members (excludes halogenated alkanes) is 48. The standard InChI is InChI=1S/C77H143NO8/c1-3-5-7-9-11-13-15-17-19-21-23-25-27-29-31-33-34-35-36-37-38-39-41-43-45-47-49-51-53-55-57-59-61-63-65-67-73(81)78-70(69-85-77-76(84)75(83)74(82)72(68-79)86-77)71(80)66-64-62-60-58-56-54-52-50-48-46-44-42-40-32-30-28-26-24-22-20-18-16-14-12-10-8-6-4-2/h5,7,11,13,17,19,23,25,64,66,70-72,74-77,79-80,82-84H,3-4,6,8-10,12,14-16,18,20-22,24,26-63,65,67-69H2,1-2H3,(H,78,81)/b7-5-,13-11-,19-17-,25-23-,66-64+. The third-order valence-corrected chi connectivity index (χ3v) is 17.8. The van der Waals surface area contributed by atoms with Crippen LogP contribution in [-0.4, -0.2) is 87.5 Å². The van der Waals surface area contributed by atoms with E-state index in [1.54, 1.807) is 6.08 Å². The van der Waals surface area contributed by atoms with Crippen LogP contribution in [-0.2, 0) is 14.3 Å². The second kappa shape index (κ2) is 65.8. The van der Waals surface area contributed by atoms with Crippen molar-refractivity contribution in [1.82, 2.24) is 5.32 Å². The maximum atomic E-state index is 13.2. The zero-order chi connectivity index (χ0) is 62.1. The summed E-state index contributed by atoms with van der Waals surface area (Å²) >= 11 is 0. The van der Waals surface area contributed by atoms with Gasteiger partial charge in [-0.2, -0.15) is 0 Å². The fourth-order valence-electron chi connectivity index (χ4n) is 12.0. The van der Waals surface area contributed by atoms with Crippen molar-refractivity contribution in [3.05, 3.63) is 60.8 Å². The minimum Gasteiger partial charge on any atom is -0.394 e. The van der Waals surface area contributed by atoms with E-state index in [2.05, 4.69) is 67.8 Å². The molecule has 7 atom stereocenters. The molecule has 0 bridgehead atoms. The van der Waals surface area contributed by atoms with Crippen LogP contribution in [0.15, 0.2) is 60.8 Å². The van der Waals surface area contributed by atoms with Crippen LogP contribution < -0.4 is 5.32 Å². The molecular formula is C77H143NO8. The summed E-state index contributed by atoms with van der Waals surface area (Å²) in [5, 5.41) is 54.9. The number of aliphatic hydroxyl groups excluding tert-OH is 5. The monoisotopic (exact) mass is 1210 g/mol. The van der Waals surface area contributed by atoms with Crippen molar-refractivity contribution >= 4 is 5.91 Å². The van der Waals surface area contributed by atoms with Gasteiger partial charge in [0.05, 0.1) is 25.4 Å². The van der Waals surface area contributed by atoms with Gasteiger partial charge in [0.2, 0.25) is 5.91 Å². The van der Waals surface area contributed by atoms with Gasteiger partial charge >= 0.3 is 0 Å². The number of aliphatic hydroxyl groups is 5. The van der Waals surface area contributed by atoms with Gasteiger partial charge in [-0.05, 0) is 57.8 Å². The van der Waals surface area contributed by atoms with Gasteiger partial charge in [-0.15, -0.1) is 0 Å². The Hall–Kier alpha value is -2.11. The Balaban J connectivity index is 2.09. The van der Waals surface area contributed by atoms with E-state index in [0.717, 1.165) is 64.2 Å². The molecule has 0 saturated carbocycles. The van der Waals surface area contributed by atoms with E-state index in [9.17, 15) is 30.3 Å². The Labute approximate surface area is 532 Å². The minimum atomic E-state index is -1.57. The summed E-state index contributed by atoms with van der Waals surface area (Å²) in [4.78, 5) is 13.2. The quantitative estimate of drug-likeness (QED) is 0.0261. The average Bonchev–Trinajstić information content (AvgIpc) is 3.65. The van der Waals surface area contributed by atoms with Crippen molar-refractivity contribution in [2.75, 3.05) is 13.2 Å². The molecule has 0 aromatic rings. The van der Waals surface area contributed by atoms with E-state index >= 15 is 0 Å². The number of carbonyl (C=O) groups excluding carboxylic acids is 1. The molecule has 9 nitrogen and oxygen atoms in total. The third-order valence-electron chi connectivity index (χ3n) is 17.8. The highest BCUT2D eigenvalue weighted by molar-refractivity contribution is 5.76. The van der Waals surface area contributed by atoms with Crippen LogP contribution >= 0.6 is 0 Å². The summed E-state index contributed by atoms with van der Waals surface area (Å²) in [6.07, 6.45) is 84.9. The average molecular weight is 1210 g/mol. The van der Waals surface area contributed by atoms with Gasteiger partial charge in [0, 0.05) is 6.42 Å². The molecule has 1 heterocycles. The Bertz CT molecular complexity index is 1540. The topological polar surface area (TPSA) is 149 Å². The predicted molar refractivity (Wildman–Crippen MR) is 369 cm³/mol. The molecule has 0 aliphatic carbocycles. The smallest absolute Gasteiger partial charge is 0.220 e. The first kappa shape index (κ1) is 81.9. The summed E-state index contributed by atoms with van der Waals surface area (Å²) in [7, 11) is 0. The number of amides is 1. The first-order valence-electron chi connectivity index (χ1n) is 37.5. The number of carbonyl (C=O) groups is 1. The Morgan fingerprint density at radius 3 is 1.07 bits per heavy atom. The first-order valence-corrected chi connectivity index (χ1v) is 37.5. The van der Waals surface area contributed by atoms with Crippen LogP contribution in [0.1, 0.15) is 367 Å². The summed E-state index contributed by atoms with van der Waals surface area (Å²) < 4.78 is 11.3.